The van der Waals surface area contributed by atoms with E-state index in [2.05, 4.69) is 10.4 Å². The summed E-state index contributed by atoms with van der Waals surface area (Å²) in [6, 6.07) is 9.01. The smallest absolute Gasteiger partial charge is 0.287 e. The van der Waals surface area contributed by atoms with Gasteiger partial charge in [0.2, 0.25) is 5.91 Å². The van der Waals surface area contributed by atoms with E-state index >= 15 is 0 Å². The molecule has 0 radical (unpaired) electrons. The summed E-state index contributed by atoms with van der Waals surface area (Å²) in [6.07, 6.45) is 1.46. The van der Waals surface area contributed by atoms with Crippen LogP contribution in [-0.2, 0) is 11.3 Å². The van der Waals surface area contributed by atoms with E-state index in [9.17, 15) is 9.59 Å². The van der Waals surface area contributed by atoms with E-state index < -0.39 is 11.6 Å². The summed E-state index contributed by atoms with van der Waals surface area (Å²) in [5.74, 6) is -0.116. The highest BCUT2D eigenvalue weighted by Gasteiger charge is 2.17. The Bertz CT molecular complexity index is 743. The largest absolute Gasteiger partial charge is 0.371 e. The van der Waals surface area contributed by atoms with Gasteiger partial charge in [-0.3, -0.25) is 9.59 Å². The normalized spacial score (nSPS) is 11.8. The molecule has 0 unspecified atom stereocenters. The molecule has 23 heavy (non-hydrogen) atoms. The fourth-order valence-corrected chi connectivity index (χ4v) is 2.32. The summed E-state index contributed by atoms with van der Waals surface area (Å²) < 4.78 is 1.29. The van der Waals surface area contributed by atoms with Crippen LogP contribution in [0.15, 0.2) is 41.3 Å². The number of rotatable bonds is 5. The van der Waals surface area contributed by atoms with Crippen LogP contribution in [0.3, 0.4) is 0 Å². The van der Waals surface area contributed by atoms with E-state index in [4.69, 9.17) is 11.6 Å². The van der Waals surface area contributed by atoms with Gasteiger partial charge in [0.05, 0.1) is 18.4 Å². The third-order valence-electron chi connectivity index (χ3n) is 3.34. The maximum atomic E-state index is 12.3. The first-order valence-electron chi connectivity index (χ1n) is 7.17. The van der Waals surface area contributed by atoms with Gasteiger partial charge >= 0.3 is 0 Å². The van der Waals surface area contributed by atoms with Crippen molar-refractivity contribution in [3.05, 3.63) is 57.5 Å². The van der Waals surface area contributed by atoms with Crippen molar-refractivity contribution in [3.63, 3.8) is 0 Å². The standard InChI is InChI=1S/C16H19ClN4O2/c1-11(15(22)20(2)3)19-13-9-18-21(16(23)14(13)17)10-12-7-5-4-6-8-12/h4-9,11,19H,10H2,1-3H3/t11-/m0/s1. The number of aromatic nitrogens is 2. The van der Waals surface area contributed by atoms with Crippen molar-refractivity contribution in [1.29, 1.82) is 0 Å². The topological polar surface area (TPSA) is 67.2 Å². The lowest BCUT2D eigenvalue weighted by molar-refractivity contribution is -0.129. The van der Waals surface area contributed by atoms with Crippen LogP contribution in [0.1, 0.15) is 12.5 Å². The highest BCUT2D eigenvalue weighted by Crippen LogP contribution is 2.17. The Morgan fingerprint density at radius 2 is 2.00 bits per heavy atom. The number of hydrogen-bond donors (Lipinski definition) is 1. The zero-order valence-corrected chi connectivity index (χ0v) is 14.0. The quantitative estimate of drug-likeness (QED) is 0.906. The van der Waals surface area contributed by atoms with E-state index in [-0.39, 0.29) is 10.9 Å². The van der Waals surface area contributed by atoms with Crippen LogP contribution in [-0.4, -0.2) is 40.7 Å². The van der Waals surface area contributed by atoms with Crippen molar-refractivity contribution in [1.82, 2.24) is 14.7 Å². The SMILES string of the molecule is C[C@H](Nc1cnn(Cc2ccccc2)c(=O)c1Cl)C(=O)N(C)C. The molecule has 1 heterocycles. The molecule has 122 valence electrons. The summed E-state index contributed by atoms with van der Waals surface area (Å²) >= 11 is 6.13. The number of carbonyl (C=O) groups excluding carboxylic acids is 1. The van der Waals surface area contributed by atoms with E-state index in [1.807, 2.05) is 30.3 Å². The molecule has 0 aliphatic heterocycles. The minimum absolute atomic E-state index is 0.0225. The van der Waals surface area contributed by atoms with Gasteiger partial charge in [-0.05, 0) is 12.5 Å². The van der Waals surface area contributed by atoms with Crippen LogP contribution in [0.25, 0.3) is 0 Å². The van der Waals surface area contributed by atoms with E-state index in [0.29, 0.717) is 12.2 Å². The lowest BCUT2D eigenvalue weighted by Crippen LogP contribution is -2.37. The molecule has 0 aliphatic rings. The maximum Gasteiger partial charge on any atom is 0.287 e. The zero-order chi connectivity index (χ0) is 17.0. The van der Waals surface area contributed by atoms with Gasteiger partial charge < -0.3 is 10.2 Å². The first-order valence-corrected chi connectivity index (χ1v) is 7.55. The van der Waals surface area contributed by atoms with Gasteiger partial charge in [-0.15, -0.1) is 0 Å². The monoisotopic (exact) mass is 334 g/mol. The Balaban J connectivity index is 2.21. The van der Waals surface area contributed by atoms with Crippen molar-refractivity contribution in [2.75, 3.05) is 19.4 Å². The molecular weight excluding hydrogens is 316 g/mol. The molecule has 0 saturated heterocycles. The predicted molar refractivity (Wildman–Crippen MR) is 90.8 cm³/mol. The summed E-state index contributed by atoms with van der Waals surface area (Å²) in [4.78, 5) is 25.6. The van der Waals surface area contributed by atoms with Crippen molar-refractivity contribution in [2.45, 2.75) is 19.5 Å². The van der Waals surface area contributed by atoms with E-state index in [1.165, 1.54) is 15.8 Å². The second-order valence-corrected chi connectivity index (χ2v) is 5.80. The van der Waals surface area contributed by atoms with Crippen molar-refractivity contribution >= 4 is 23.2 Å². The van der Waals surface area contributed by atoms with Crippen molar-refractivity contribution < 1.29 is 4.79 Å². The molecule has 1 atom stereocenters. The number of likely N-dealkylation sites (N-methyl/N-ethyl adjacent to an activating group) is 1. The molecule has 1 aromatic heterocycles. The molecule has 0 saturated carbocycles. The van der Waals surface area contributed by atoms with Gasteiger partial charge in [-0.25, -0.2) is 4.68 Å². The van der Waals surface area contributed by atoms with Crippen molar-refractivity contribution in [3.8, 4) is 0 Å². The average molecular weight is 335 g/mol. The lowest BCUT2D eigenvalue weighted by Gasteiger charge is -2.19. The van der Waals surface area contributed by atoms with Crippen LogP contribution in [0.4, 0.5) is 5.69 Å². The van der Waals surface area contributed by atoms with Crippen LogP contribution < -0.4 is 10.9 Å². The number of nitrogens with zero attached hydrogens (tertiary/aromatic N) is 3. The zero-order valence-electron chi connectivity index (χ0n) is 13.3. The number of nitrogens with one attached hydrogen (secondary N) is 1. The molecule has 7 heteroatoms. The molecule has 1 aromatic carbocycles. The first kappa shape index (κ1) is 17.0. The fourth-order valence-electron chi connectivity index (χ4n) is 2.12. The van der Waals surface area contributed by atoms with Gasteiger partial charge in [-0.2, -0.15) is 5.10 Å². The second kappa shape index (κ2) is 7.28. The van der Waals surface area contributed by atoms with Crippen molar-refractivity contribution in [2.24, 2.45) is 0 Å². The Labute approximate surface area is 139 Å². The first-order chi connectivity index (χ1) is 10.9. The van der Waals surface area contributed by atoms with Gasteiger partial charge in [0.25, 0.3) is 5.56 Å². The fraction of sp³-hybridized carbons (Fsp3) is 0.312. The summed E-state index contributed by atoms with van der Waals surface area (Å²) in [6.45, 7) is 2.04. The minimum atomic E-state index is -0.506. The molecule has 6 nitrogen and oxygen atoms in total. The Morgan fingerprint density at radius 3 is 2.61 bits per heavy atom. The minimum Gasteiger partial charge on any atom is -0.371 e. The van der Waals surface area contributed by atoms with Crippen LogP contribution in [0.2, 0.25) is 5.02 Å². The van der Waals surface area contributed by atoms with Gasteiger partial charge in [0.15, 0.2) is 0 Å². The van der Waals surface area contributed by atoms with Gasteiger partial charge in [0.1, 0.15) is 11.1 Å². The molecule has 1 amide bonds. The number of amides is 1. The Hall–Kier alpha value is -2.34. The second-order valence-electron chi connectivity index (χ2n) is 5.42. The number of halogens is 1. The van der Waals surface area contributed by atoms with Gasteiger partial charge in [-0.1, -0.05) is 41.9 Å². The highest BCUT2D eigenvalue weighted by molar-refractivity contribution is 6.33. The Morgan fingerprint density at radius 1 is 1.35 bits per heavy atom. The summed E-state index contributed by atoms with van der Waals surface area (Å²) in [5, 5.41) is 7.07. The van der Waals surface area contributed by atoms with Crippen LogP contribution in [0, 0.1) is 0 Å². The molecule has 0 aliphatic carbocycles. The lowest BCUT2D eigenvalue weighted by atomic mass is 10.2. The maximum absolute atomic E-state index is 12.3. The molecule has 2 rings (SSSR count). The van der Waals surface area contributed by atoms with Crippen LogP contribution in [0.5, 0.6) is 0 Å². The van der Waals surface area contributed by atoms with Gasteiger partial charge in [0, 0.05) is 14.1 Å². The molecule has 0 spiro atoms. The number of benzene rings is 1. The predicted octanol–water partition coefficient (Wildman–Crippen LogP) is 1.83. The van der Waals surface area contributed by atoms with Crippen LogP contribution >= 0.6 is 11.6 Å². The molecule has 2 aromatic rings. The third-order valence-corrected chi connectivity index (χ3v) is 3.71. The number of anilines is 1. The van der Waals surface area contributed by atoms with E-state index in [1.54, 1.807) is 21.0 Å². The molecule has 0 fully saturated rings. The molecule has 0 bridgehead atoms. The number of hydrogen-bond acceptors (Lipinski definition) is 4. The number of carbonyl (C=O) groups is 1. The molecule has 1 N–H and O–H groups in total. The Kier molecular flexibility index (Phi) is 5.39. The summed E-state index contributed by atoms with van der Waals surface area (Å²) in [5.41, 5.74) is 0.906. The third kappa shape index (κ3) is 4.10. The average Bonchev–Trinajstić information content (AvgIpc) is 2.54. The highest BCUT2D eigenvalue weighted by atomic mass is 35.5. The molecular formula is C16H19ClN4O2. The van der Waals surface area contributed by atoms with E-state index in [0.717, 1.165) is 5.56 Å². The summed E-state index contributed by atoms with van der Waals surface area (Å²) in [7, 11) is 3.33.